The Balaban J connectivity index is 4.06. The lowest BCUT2D eigenvalue weighted by Crippen LogP contribution is -1.84. The molecule has 0 unspecified atom stereocenters. The zero-order valence-corrected chi connectivity index (χ0v) is 8.56. The summed E-state index contributed by atoms with van der Waals surface area (Å²) < 4.78 is 0. The molecular weight excluding hydrogens is 144 g/mol. The molecule has 0 aromatic carbocycles. The van der Waals surface area contributed by atoms with E-state index in [4.69, 9.17) is 0 Å². The molecule has 0 aliphatic heterocycles. The minimum absolute atomic E-state index is 1.10. The number of allylic oxidation sites excluding steroid dienone is 5. The van der Waals surface area contributed by atoms with E-state index < -0.39 is 0 Å². The molecule has 12 heavy (non-hydrogen) atoms. The summed E-state index contributed by atoms with van der Waals surface area (Å²) in [5.41, 5.74) is 3.00. The summed E-state index contributed by atoms with van der Waals surface area (Å²) in [4.78, 5) is 0. The van der Waals surface area contributed by atoms with Gasteiger partial charge in [-0.2, -0.15) is 0 Å². The van der Waals surface area contributed by atoms with Gasteiger partial charge in [0.1, 0.15) is 0 Å². The molecule has 0 aliphatic rings. The minimum Gasteiger partial charge on any atom is -0.103 e. The van der Waals surface area contributed by atoms with Crippen molar-refractivity contribution in [2.24, 2.45) is 0 Å². The summed E-state index contributed by atoms with van der Waals surface area (Å²) in [6.07, 6.45) is 9.67. The van der Waals surface area contributed by atoms with Gasteiger partial charge in [-0.15, -0.1) is 6.58 Å². The second-order valence-electron chi connectivity index (χ2n) is 3.20. The number of hydrogen-bond acceptors (Lipinski definition) is 0. The summed E-state index contributed by atoms with van der Waals surface area (Å²) in [5, 5.41) is 0. The highest BCUT2D eigenvalue weighted by Crippen LogP contribution is 2.15. The van der Waals surface area contributed by atoms with Gasteiger partial charge in [0.05, 0.1) is 0 Å². The first-order valence-electron chi connectivity index (χ1n) is 4.59. The molecule has 0 aliphatic carbocycles. The van der Waals surface area contributed by atoms with Gasteiger partial charge < -0.3 is 0 Å². The van der Waals surface area contributed by atoms with Gasteiger partial charge in [-0.25, -0.2) is 0 Å². The highest BCUT2D eigenvalue weighted by Gasteiger charge is 1.95. The molecule has 0 nitrogen and oxygen atoms in total. The molecule has 0 bridgehead atoms. The third kappa shape index (κ3) is 4.95. The Hall–Kier alpha value is -0.780. The molecule has 0 atom stereocenters. The van der Waals surface area contributed by atoms with Crippen molar-refractivity contribution in [1.29, 1.82) is 0 Å². The van der Waals surface area contributed by atoms with Gasteiger partial charge >= 0.3 is 0 Å². The molecule has 0 saturated heterocycles. The van der Waals surface area contributed by atoms with Crippen LogP contribution in [0, 0.1) is 0 Å². The van der Waals surface area contributed by atoms with Crippen molar-refractivity contribution in [2.75, 3.05) is 0 Å². The molecule has 0 heterocycles. The van der Waals surface area contributed by atoms with Crippen molar-refractivity contribution >= 4 is 0 Å². The maximum absolute atomic E-state index is 3.73. The summed E-state index contributed by atoms with van der Waals surface area (Å²) >= 11 is 0. The Morgan fingerprint density at radius 3 is 2.42 bits per heavy atom. The summed E-state index contributed by atoms with van der Waals surface area (Å²) in [6, 6.07) is 0. The molecule has 0 rings (SSSR count). The van der Waals surface area contributed by atoms with E-state index in [2.05, 4.69) is 39.5 Å². The van der Waals surface area contributed by atoms with E-state index in [9.17, 15) is 0 Å². The van der Waals surface area contributed by atoms with Gasteiger partial charge in [-0.1, -0.05) is 29.4 Å². The van der Waals surface area contributed by atoms with Crippen LogP contribution in [-0.2, 0) is 0 Å². The van der Waals surface area contributed by atoms with Crippen molar-refractivity contribution in [1.82, 2.24) is 0 Å². The molecule has 0 heteroatoms. The largest absolute Gasteiger partial charge is 0.103 e. The van der Waals surface area contributed by atoms with Crippen molar-refractivity contribution in [2.45, 2.75) is 40.0 Å². The SMILES string of the molecule is C=CCCC(CC=CC)=C(C)C. The third-order valence-electron chi connectivity index (χ3n) is 1.96. The fraction of sp³-hybridized carbons (Fsp3) is 0.500. The van der Waals surface area contributed by atoms with Gasteiger partial charge in [0.25, 0.3) is 0 Å². The molecule has 0 amide bonds. The fourth-order valence-corrected chi connectivity index (χ4v) is 1.09. The van der Waals surface area contributed by atoms with Crippen LogP contribution in [0.25, 0.3) is 0 Å². The van der Waals surface area contributed by atoms with Crippen molar-refractivity contribution < 1.29 is 0 Å². The summed E-state index contributed by atoms with van der Waals surface area (Å²) in [7, 11) is 0. The Morgan fingerprint density at radius 2 is 2.00 bits per heavy atom. The van der Waals surface area contributed by atoms with Crippen molar-refractivity contribution in [3.63, 3.8) is 0 Å². The molecule has 0 aromatic rings. The monoisotopic (exact) mass is 164 g/mol. The molecule has 0 spiro atoms. The first-order valence-corrected chi connectivity index (χ1v) is 4.59. The number of rotatable bonds is 5. The Kier molecular flexibility index (Phi) is 6.45. The van der Waals surface area contributed by atoms with Crippen LogP contribution < -0.4 is 0 Å². The first kappa shape index (κ1) is 11.2. The highest BCUT2D eigenvalue weighted by atomic mass is 14.0. The molecule has 0 saturated carbocycles. The van der Waals surface area contributed by atoms with E-state index >= 15 is 0 Å². The molecule has 68 valence electrons. The van der Waals surface area contributed by atoms with Crippen LogP contribution in [0.3, 0.4) is 0 Å². The van der Waals surface area contributed by atoms with Crippen molar-refractivity contribution in [3.05, 3.63) is 36.0 Å². The van der Waals surface area contributed by atoms with Crippen LogP contribution in [0.4, 0.5) is 0 Å². The van der Waals surface area contributed by atoms with Gasteiger partial charge in [-0.05, 0) is 40.0 Å². The maximum Gasteiger partial charge on any atom is -0.0136 e. The quantitative estimate of drug-likeness (QED) is 0.533. The van der Waals surface area contributed by atoms with Crippen LogP contribution in [0.1, 0.15) is 40.0 Å². The van der Waals surface area contributed by atoms with Gasteiger partial charge in [0, 0.05) is 0 Å². The van der Waals surface area contributed by atoms with Crippen LogP contribution in [-0.4, -0.2) is 0 Å². The standard InChI is InChI=1S/C12H20/c1-5-7-9-12(11(3)4)10-8-6-2/h5-6,8H,1,7,9-10H2,2-4H3. The van der Waals surface area contributed by atoms with Gasteiger partial charge in [0.2, 0.25) is 0 Å². The average molecular weight is 164 g/mol. The van der Waals surface area contributed by atoms with E-state index in [0.717, 1.165) is 19.3 Å². The van der Waals surface area contributed by atoms with Crippen LogP contribution >= 0.6 is 0 Å². The molecule has 0 aromatic heterocycles. The predicted octanol–water partition coefficient (Wildman–Crippen LogP) is 4.26. The van der Waals surface area contributed by atoms with E-state index in [1.54, 1.807) is 5.57 Å². The minimum atomic E-state index is 1.10. The predicted molar refractivity (Wildman–Crippen MR) is 57.2 cm³/mol. The average Bonchev–Trinajstić information content (AvgIpc) is 2.04. The third-order valence-corrected chi connectivity index (χ3v) is 1.96. The van der Waals surface area contributed by atoms with Crippen LogP contribution in [0.2, 0.25) is 0 Å². The topological polar surface area (TPSA) is 0 Å². The van der Waals surface area contributed by atoms with E-state index in [1.165, 1.54) is 5.57 Å². The van der Waals surface area contributed by atoms with E-state index in [0.29, 0.717) is 0 Å². The zero-order chi connectivity index (χ0) is 9.40. The zero-order valence-electron chi connectivity index (χ0n) is 8.56. The first-order chi connectivity index (χ1) is 5.72. The second-order valence-corrected chi connectivity index (χ2v) is 3.20. The second kappa shape index (κ2) is 6.90. The smallest absolute Gasteiger partial charge is 0.0136 e. The van der Waals surface area contributed by atoms with Gasteiger partial charge in [0.15, 0.2) is 0 Å². The highest BCUT2D eigenvalue weighted by molar-refractivity contribution is 5.14. The van der Waals surface area contributed by atoms with E-state index in [-0.39, 0.29) is 0 Å². The molecule has 0 radical (unpaired) electrons. The van der Waals surface area contributed by atoms with Crippen molar-refractivity contribution in [3.8, 4) is 0 Å². The maximum atomic E-state index is 3.73. The Labute approximate surface area is 76.7 Å². The molecular formula is C12H20. The molecule has 0 N–H and O–H groups in total. The lowest BCUT2D eigenvalue weighted by molar-refractivity contribution is 0.916. The number of hydrogen-bond donors (Lipinski definition) is 0. The lowest BCUT2D eigenvalue weighted by Gasteiger charge is -2.05. The van der Waals surface area contributed by atoms with Gasteiger partial charge in [-0.3, -0.25) is 0 Å². The summed E-state index contributed by atoms with van der Waals surface area (Å²) in [6.45, 7) is 10.2. The van der Waals surface area contributed by atoms with E-state index in [1.807, 2.05) is 6.08 Å². The normalized spacial score (nSPS) is 10.2. The lowest BCUT2D eigenvalue weighted by atomic mass is 10.0. The Bertz CT molecular complexity index is 178. The summed E-state index contributed by atoms with van der Waals surface area (Å²) in [5.74, 6) is 0. The Morgan fingerprint density at radius 1 is 1.33 bits per heavy atom. The molecule has 0 fully saturated rings. The van der Waals surface area contributed by atoms with Crippen LogP contribution in [0.5, 0.6) is 0 Å². The fourth-order valence-electron chi connectivity index (χ4n) is 1.09. The van der Waals surface area contributed by atoms with Crippen LogP contribution in [0.15, 0.2) is 36.0 Å².